The summed E-state index contributed by atoms with van der Waals surface area (Å²) in [6.07, 6.45) is 2.88. The van der Waals surface area contributed by atoms with Gasteiger partial charge in [0.25, 0.3) is 5.91 Å². The van der Waals surface area contributed by atoms with Crippen molar-refractivity contribution >= 4 is 80.9 Å². The Morgan fingerprint density at radius 3 is 1.66 bits per heavy atom. The molecule has 9 N–H and O–H groups in total. The second-order valence-corrected chi connectivity index (χ2v) is 32.4. The van der Waals surface area contributed by atoms with Gasteiger partial charge in [0.2, 0.25) is 41.4 Å². The SMILES string of the molecule is CC(C)[C@H](NC(=O)[C@@H]1CCCN1C(=O)[C@H](CC(=O)O)NC(=O)CCOCCOCCOCCNC(=O)[C@H](CCCCNC(=O)CCOCCOCCOCCNC(=O)OC(C)(C)C)NC(=O)CCOCCOCCOCCNC(=O)OC(C)(C)C)C(=O)N=[S@@](C)(=O)Cc1cc2cc(c1)OCCCCOc1cc(F)ccc1-c1nc(ncc1F)N2. The Morgan fingerprint density at radius 1 is 0.613 bits per heavy atom. The molecule has 1 saturated heterocycles. The van der Waals surface area contributed by atoms with E-state index in [1.54, 1.807) is 73.6 Å². The summed E-state index contributed by atoms with van der Waals surface area (Å²) in [7, 11) is -3.41. The van der Waals surface area contributed by atoms with Crippen LogP contribution < -0.4 is 52.0 Å². The van der Waals surface area contributed by atoms with Gasteiger partial charge < -0.3 is 114 Å². The van der Waals surface area contributed by atoms with Gasteiger partial charge in [-0.3, -0.25) is 38.4 Å². The molecular formula is C79H122F2N12O25S. The second kappa shape index (κ2) is 54.9. The lowest BCUT2D eigenvalue weighted by atomic mass is 10.0. The quantitative estimate of drug-likeness (QED) is 0.0328. The number of alkyl carbamates (subject to hydrolysis) is 2. The van der Waals surface area contributed by atoms with Crippen LogP contribution in [0.25, 0.3) is 11.3 Å². The van der Waals surface area contributed by atoms with Crippen molar-refractivity contribution in [3.63, 3.8) is 0 Å². The Labute approximate surface area is 694 Å². The molecule has 0 spiro atoms. The minimum atomic E-state index is -3.41. The number of benzene rings is 2. The lowest BCUT2D eigenvalue weighted by Gasteiger charge is -2.29. The number of aromatic nitrogens is 2. The third-order valence-corrected chi connectivity index (χ3v) is 18.4. The maximum absolute atomic E-state index is 15.3. The molecule has 37 nitrogen and oxygen atoms in total. The van der Waals surface area contributed by atoms with Crippen LogP contribution in [0.1, 0.15) is 132 Å². The predicted molar refractivity (Wildman–Crippen MR) is 430 cm³/mol. The number of unbranched alkanes of at least 4 members (excludes halogenated alkanes) is 1. The van der Waals surface area contributed by atoms with Crippen LogP contribution in [0.3, 0.4) is 0 Å². The van der Waals surface area contributed by atoms with Crippen LogP contribution in [0, 0.1) is 17.6 Å². The molecule has 1 aromatic heterocycles. The normalized spacial score (nSPS) is 14.8. The molecule has 5 atom stereocenters. The maximum Gasteiger partial charge on any atom is 0.407 e. The molecule has 4 bridgehead atoms. The van der Waals surface area contributed by atoms with Gasteiger partial charge >= 0.3 is 18.2 Å². The summed E-state index contributed by atoms with van der Waals surface area (Å²) in [6, 6.07) is 3.56. The standard InChI is InChI=1S/C79H122F2N12O25S/c1-54(2)69(73(101)92-119(9,105)53-55-47-57-50-58(48-55)115-27-12-13-28-116-64-49-56(80)17-18-59(64)70-60(81)52-86-75(87-57)91-70)90-72(100)63-16-14-26-93(63)74(102)62(51-68(97)98)89-67(96)21-31-108-37-43-113-44-38-109-32-23-83-71(99)61(88-66(95)20-30-107-36-42-114-46-40-111-34-25-85-77(104)118-79(6,7)8)15-10-11-22-82-65(94)19-29-106-35-41-112-45-39-110-33-24-84-76(103)117-78(3,4)5/h17-18,47-50,52,54,61-63,69H,10-16,19-46,51,53H2,1-9H3,(H,82,94)(H,83,99)(H,84,103)(H,85,104)(H,88,95)(H,89,96)(H,90,100)(H,97,98)(H,86,87,91)/t61-,62-,63-,69-,119-/m0/s1. The summed E-state index contributed by atoms with van der Waals surface area (Å²) in [5, 5.41) is 31.6. The molecule has 3 aromatic rings. The van der Waals surface area contributed by atoms with E-state index in [0.29, 0.717) is 88.6 Å². The second-order valence-electron chi connectivity index (χ2n) is 30.0. The molecule has 5 rings (SSSR count). The van der Waals surface area contributed by atoms with E-state index in [0.717, 1.165) is 23.2 Å². The number of hydrogen-bond acceptors (Lipinski definition) is 27. The number of carboxylic acids is 1. The smallest absolute Gasteiger partial charge is 0.407 e. The fraction of sp³-hybridized carbons (Fsp3) is 0.671. The van der Waals surface area contributed by atoms with Crippen molar-refractivity contribution in [2.45, 2.75) is 167 Å². The number of nitrogens with zero attached hydrogens (tertiary/aromatic N) is 4. The van der Waals surface area contributed by atoms with E-state index in [1.165, 1.54) is 12.3 Å². The summed E-state index contributed by atoms with van der Waals surface area (Å²) in [5.41, 5.74) is -0.384. The third kappa shape index (κ3) is 43.6. The van der Waals surface area contributed by atoms with Gasteiger partial charge in [-0.25, -0.2) is 32.5 Å². The Balaban J connectivity index is 0.995. The molecule has 2 aliphatic heterocycles. The number of carbonyl (C=O) groups excluding carboxylic acids is 9. The number of ether oxygens (including phenoxy) is 13. The largest absolute Gasteiger partial charge is 0.494 e. The van der Waals surface area contributed by atoms with Crippen molar-refractivity contribution < 1.29 is 128 Å². The van der Waals surface area contributed by atoms with Gasteiger partial charge in [0, 0.05) is 81.6 Å². The van der Waals surface area contributed by atoms with Crippen LogP contribution in [0.4, 0.5) is 30.0 Å². The molecule has 0 saturated carbocycles. The van der Waals surface area contributed by atoms with Crippen molar-refractivity contribution in [1.82, 2.24) is 52.1 Å². The van der Waals surface area contributed by atoms with Crippen molar-refractivity contribution in [2.75, 3.05) is 176 Å². The highest BCUT2D eigenvalue weighted by Crippen LogP contribution is 2.34. The number of aliphatic carboxylic acids is 1. The molecule has 1 fully saturated rings. The average Bonchev–Trinajstić information content (AvgIpc) is 1.76. The number of amides is 9. The molecule has 0 radical (unpaired) electrons. The van der Waals surface area contributed by atoms with Crippen molar-refractivity contribution in [1.29, 1.82) is 0 Å². The first-order valence-corrected chi connectivity index (χ1v) is 42.2. The number of hydrogen-bond donors (Lipinski definition) is 9. The Kier molecular flexibility index (Phi) is 46.4. The third-order valence-electron chi connectivity index (χ3n) is 16.9. The minimum Gasteiger partial charge on any atom is -0.494 e. The van der Waals surface area contributed by atoms with Gasteiger partial charge in [0.1, 0.15) is 58.4 Å². The molecule has 119 heavy (non-hydrogen) atoms. The molecule has 668 valence electrons. The molecule has 0 unspecified atom stereocenters. The van der Waals surface area contributed by atoms with Gasteiger partial charge in [-0.2, -0.15) is 4.36 Å². The highest BCUT2D eigenvalue weighted by molar-refractivity contribution is 7.92. The van der Waals surface area contributed by atoms with Crippen LogP contribution in [-0.4, -0.2) is 290 Å². The van der Waals surface area contributed by atoms with Crippen molar-refractivity contribution in [3.8, 4) is 22.8 Å². The van der Waals surface area contributed by atoms with Gasteiger partial charge in [-0.15, -0.1) is 0 Å². The molecule has 2 aliphatic rings. The first kappa shape index (κ1) is 100. The highest BCUT2D eigenvalue weighted by atomic mass is 32.2. The number of rotatable bonds is 53. The Morgan fingerprint density at radius 2 is 1.13 bits per heavy atom. The average molecular weight is 1710 g/mol. The molecule has 9 amide bonds. The summed E-state index contributed by atoms with van der Waals surface area (Å²) < 4.78 is 120. The molecule has 40 heteroatoms. The van der Waals surface area contributed by atoms with Gasteiger partial charge in [-0.1, -0.05) is 13.8 Å². The zero-order valence-electron chi connectivity index (χ0n) is 69.8. The first-order chi connectivity index (χ1) is 56.7. The van der Waals surface area contributed by atoms with Gasteiger partial charge in [0.15, 0.2) is 5.82 Å². The van der Waals surface area contributed by atoms with E-state index in [2.05, 4.69) is 56.9 Å². The number of carbonyl (C=O) groups is 10. The maximum atomic E-state index is 15.3. The van der Waals surface area contributed by atoms with E-state index in [4.69, 9.17) is 61.6 Å². The Hall–Kier alpha value is -9.13. The van der Waals surface area contributed by atoms with Gasteiger partial charge in [0.05, 0.1) is 160 Å². The van der Waals surface area contributed by atoms with Crippen LogP contribution >= 0.6 is 0 Å². The zero-order valence-corrected chi connectivity index (χ0v) is 70.6. The van der Waals surface area contributed by atoms with E-state index in [1.807, 2.05) is 0 Å². The van der Waals surface area contributed by atoms with E-state index < -0.39 is 123 Å². The van der Waals surface area contributed by atoms with Crippen molar-refractivity contribution in [2.24, 2.45) is 10.3 Å². The van der Waals surface area contributed by atoms with Crippen LogP contribution in [-0.2, 0) is 106 Å². The summed E-state index contributed by atoms with van der Waals surface area (Å²) >= 11 is 0. The predicted octanol–water partition coefficient (Wildman–Crippen LogP) is 5.19. The molecule has 2 aromatic carbocycles. The lowest BCUT2D eigenvalue weighted by Crippen LogP contribution is -2.56. The highest BCUT2D eigenvalue weighted by Gasteiger charge is 2.40. The fourth-order valence-electron chi connectivity index (χ4n) is 11.4. The monoisotopic (exact) mass is 1710 g/mol. The number of nitrogens with one attached hydrogen (secondary N) is 8. The summed E-state index contributed by atoms with van der Waals surface area (Å²) in [5.74, 6) is -7.53. The van der Waals surface area contributed by atoms with E-state index in [9.17, 15) is 61.7 Å². The Bertz CT molecular complexity index is 3810. The van der Waals surface area contributed by atoms with E-state index >= 15 is 4.39 Å². The summed E-state index contributed by atoms with van der Waals surface area (Å²) in [4.78, 5) is 139. The van der Waals surface area contributed by atoms with Crippen LogP contribution in [0.2, 0.25) is 0 Å². The number of fused-ring (bicyclic) bond motifs is 6. The summed E-state index contributed by atoms with van der Waals surface area (Å²) in [6.45, 7) is 18.7. The molecular weight excluding hydrogens is 1590 g/mol. The topological polar surface area (TPSA) is 466 Å². The fourth-order valence-corrected chi connectivity index (χ4v) is 12.8. The minimum absolute atomic E-state index is 0.0325. The number of likely N-dealkylation sites (tertiary alicyclic amines) is 1. The van der Waals surface area contributed by atoms with Gasteiger partial charge in [-0.05, 0) is 122 Å². The number of carboxylic acid groups (broad SMARTS) is 1. The van der Waals surface area contributed by atoms with Crippen molar-refractivity contribution in [3.05, 3.63) is 59.8 Å². The number of anilines is 2. The lowest BCUT2D eigenvalue weighted by molar-refractivity contribution is -0.146. The van der Waals surface area contributed by atoms with Crippen LogP contribution in [0.15, 0.2) is 47.0 Å². The molecule has 3 heterocycles. The molecule has 0 aliphatic carbocycles. The van der Waals surface area contributed by atoms with Crippen LogP contribution in [0.5, 0.6) is 11.5 Å². The first-order valence-electron chi connectivity index (χ1n) is 40.1. The zero-order chi connectivity index (χ0) is 87.0. The number of halogens is 2. The van der Waals surface area contributed by atoms with E-state index in [-0.39, 0.29) is 192 Å².